The van der Waals surface area contributed by atoms with E-state index < -0.39 is 5.56 Å². The number of H-pyrrole nitrogens is 1. The smallest absolute Gasteiger partial charge is 0.268 e. The van der Waals surface area contributed by atoms with E-state index in [-0.39, 0.29) is 22.5 Å². The fourth-order valence-corrected chi connectivity index (χ4v) is 2.50. The Morgan fingerprint density at radius 1 is 1.24 bits per heavy atom. The molecule has 0 bridgehead atoms. The largest absolute Gasteiger partial charge is 0.493 e. The molecule has 2 rings (SSSR count). The van der Waals surface area contributed by atoms with Crippen molar-refractivity contribution in [2.24, 2.45) is 5.92 Å². The average molecular weight is 336 g/mol. The van der Waals surface area contributed by atoms with Gasteiger partial charge in [-0.1, -0.05) is 19.9 Å². The minimum atomic E-state index is -0.607. The number of pyridine rings is 1. The molecule has 6 nitrogen and oxygen atoms in total. The molecule has 0 saturated carbocycles. The van der Waals surface area contributed by atoms with Gasteiger partial charge >= 0.3 is 0 Å². The third-order valence-electron chi connectivity index (χ3n) is 3.88. The number of benzene rings is 1. The zero-order valence-electron chi connectivity index (χ0n) is 14.5. The van der Waals surface area contributed by atoms with E-state index in [1.807, 2.05) is 19.1 Å². The number of ether oxygens (including phenoxy) is 1. The van der Waals surface area contributed by atoms with Crippen molar-refractivity contribution in [3.05, 3.63) is 45.2 Å². The van der Waals surface area contributed by atoms with Crippen LogP contribution in [0.3, 0.4) is 0 Å². The first-order valence-electron chi connectivity index (χ1n) is 7.98. The molecule has 1 aromatic carbocycles. The van der Waals surface area contributed by atoms with Crippen LogP contribution in [0.2, 0.25) is 0 Å². The van der Waals surface area contributed by atoms with Crippen LogP contribution in [0.15, 0.2) is 23.0 Å². The van der Waals surface area contributed by atoms with Crippen molar-refractivity contribution in [2.45, 2.75) is 27.2 Å². The summed E-state index contributed by atoms with van der Waals surface area (Å²) in [4.78, 5) is 14.3. The van der Waals surface area contributed by atoms with E-state index in [2.05, 4.69) is 18.8 Å². The van der Waals surface area contributed by atoms with Gasteiger partial charge in [-0.3, -0.25) is 4.79 Å². The van der Waals surface area contributed by atoms with Crippen LogP contribution < -0.4 is 16.0 Å². The zero-order chi connectivity index (χ0) is 18.6. The van der Waals surface area contributed by atoms with Crippen molar-refractivity contribution in [1.29, 1.82) is 10.5 Å². The molecule has 1 heterocycles. The summed E-state index contributed by atoms with van der Waals surface area (Å²) in [5.74, 6) is 1.24. The number of anilines is 1. The monoisotopic (exact) mass is 336 g/mol. The number of aromatic nitrogens is 1. The van der Waals surface area contributed by atoms with Gasteiger partial charge in [0.1, 0.15) is 34.8 Å². The van der Waals surface area contributed by atoms with Gasteiger partial charge in [0.05, 0.1) is 6.61 Å². The number of nitrogens with one attached hydrogen (secondary N) is 1. The number of hydrogen-bond acceptors (Lipinski definition) is 5. The molecule has 0 amide bonds. The Kier molecular flexibility index (Phi) is 5.46. The minimum absolute atomic E-state index is 0.0450. The highest BCUT2D eigenvalue weighted by Gasteiger charge is 2.18. The van der Waals surface area contributed by atoms with Crippen molar-refractivity contribution in [3.8, 4) is 29.0 Å². The highest BCUT2D eigenvalue weighted by Crippen LogP contribution is 2.31. The van der Waals surface area contributed by atoms with Gasteiger partial charge in [0.15, 0.2) is 0 Å². The average Bonchev–Trinajstić information content (AvgIpc) is 2.55. The van der Waals surface area contributed by atoms with Crippen LogP contribution in [-0.4, -0.2) is 11.6 Å². The van der Waals surface area contributed by atoms with E-state index in [0.29, 0.717) is 18.1 Å². The summed E-state index contributed by atoms with van der Waals surface area (Å²) in [5, 5.41) is 18.7. The van der Waals surface area contributed by atoms with Gasteiger partial charge in [-0.2, -0.15) is 10.5 Å². The second-order valence-electron chi connectivity index (χ2n) is 6.23. The lowest BCUT2D eigenvalue weighted by Gasteiger charge is -2.13. The van der Waals surface area contributed by atoms with Crippen molar-refractivity contribution < 1.29 is 4.74 Å². The minimum Gasteiger partial charge on any atom is -0.493 e. The van der Waals surface area contributed by atoms with E-state index in [9.17, 15) is 15.3 Å². The number of rotatable bonds is 5. The Balaban J connectivity index is 2.51. The lowest BCUT2D eigenvalue weighted by Crippen LogP contribution is -2.16. The molecule has 6 heteroatoms. The quantitative estimate of drug-likeness (QED) is 0.870. The third kappa shape index (κ3) is 3.81. The van der Waals surface area contributed by atoms with Gasteiger partial charge < -0.3 is 15.5 Å². The molecule has 3 N–H and O–H groups in total. The number of nitriles is 2. The van der Waals surface area contributed by atoms with Crippen LogP contribution >= 0.6 is 0 Å². The number of hydrogen-bond donors (Lipinski definition) is 2. The number of aromatic amines is 1. The third-order valence-corrected chi connectivity index (χ3v) is 3.88. The molecule has 1 aromatic heterocycles. The molecule has 128 valence electrons. The first-order chi connectivity index (χ1) is 11.9. The Bertz CT molecular complexity index is 930. The molecular weight excluding hydrogens is 316 g/mol. The van der Waals surface area contributed by atoms with Crippen molar-refractivity contribution in [1.82, 2.24) is 4.98 Å². The predicted molar refractivity (Wildman–Crippen MR) is 96.0 cm³/mol. The predicted octanol–water partition coefficient (Wildman–Crippen LogP) is 3.10. The van der Waals surface area contributed by atoms with Crippen molar-refractivity contribution in [2.75, 3.05) is 12.3 Å². The second-order valence-corrected chi connectivity index (χ2v) is 6.23. The van der Waals surface area contributed by atoms with Gasteiger partial charge in [0.2, 0.25) is 0 Å². The lowest BCUT2D eigenvalue weighted by molar-refractivity contribution is 0.288. The maximum Gasteiger partial charge on any atom is 0.268 e. The lowest BCUT2D eigenvalue weighted by atomic mass is 9.95. The number of nitrogen functional groups attached to an aromatic ring is 1. The molecule has 0 aliphatic carbocycles. The van der Waals surface area contributed by atoms with Crippen LogP contribution in [0, 0.1) is 35.5 Å². The summed E-state index contributed by atoms with van der Waals surface area (Å²) < 4.78 is 5.78. The normalized spacial score (nSPS) is 10.3. The zero-order valence-corrected chi connectivity index (χ0v) is 14.5. The summed E-state index contributed by atoms with van der Waals surface area (Å²) in [6.45, 7) is 6.75. The topological polar surface area (TPSA) is 116 Å². The fraction of sp³-hybridized carbons (Fsp3) is 0.316. The molecule has 2 aromatic rings. The second kappa shape index (κ2) is 7.55. The summed E-state index contributed by atoms with van der Waals surface area (Å²) >= 11 is 0. The van der Waals surface area contributed by atoms with Crippen molar-refractivity contribution in [3.63, 3.8) is 0 Å². The van der Waals surface area contributed by atoms with Gasteiger partial charge in [-0.25, -0.2) is 0 Å². The molecule has 0 aliphatic rings. The fourth-order valence-electron chi connectivity index (χ4n) is 2.50. The number of nitrogens with zero attached hydrogens (tertiary/aromatic N) is 2. The summed E-state index contributed by atoms with van der Waals surface area (Å²) in [6, 6.07) is 9.14. The number of nitrogens with two attached hydrogens (primary N) is 1. The molecular formula is C19H20N4O2. The van der Waals surface area contributed by atoms with Gasteiger partial charge in [0.25, 0.3) is 5.56 Å². The summed E-state index contributed by atoms with van der Waals surface area (Å²) in [7, 11) is 0. The molecule has 25 heavy (non-hydrogen) atoms. The van der Waals surface area contributed by atoms with Crippen LogP contribution in [-0.2, 0) is 0 Å². The van der Waals surface area contributed by atoms with E-state index in [4.69, 9.17) is 10.5 Å². The molecule has 0 spiro atoms. The highest BCUT2D eigenvalue weighted by atomic mass is 16.5. The summed E-state index contributed by atoms with van der Waals surface area (Å²) in [5.41, 5.74) is 6.79. The van der Waals surface area contributed by atoms with Crippen LogP contribution in [0.4, 0.5) is 5.82 Å². The molecule has 0 fully saturated rings. The maximum atomic E-state index is 12.0. The Morgan fingerprint density at radius 3 is 2.48 bits per heavy atom. The van der Waals surface area contributed by atoms with Gasteiger partial charge in [0, 0.05) is 5.56 Å². The van der Waals surface area contributed by atoms with E-state index in [1.165, 1.54) is 0 Å². The molecule has 0 atom stereocenters. The molecule has 0 radical (unpaired) electrons. The van der Waals surface area contributed by atoms with Crippen molar-refractivity contribution >= 4 is 5.82 Å². The van der Waals surface area contributed by atoms with E-state index in [0.717, 1.165) is 17.7 Å². The van der Waals surface area contributed by atoms with Gasteiger partial charge in [-0.15, -0.1) is 0 Å². The Labute approximate surface area is 146 Å². The van der Waals surface area contributed by atoms with E-state index >= 15 is 0 Å². The van der Waals surface area contributed by atoms with Gasteiger partial charge in [-0.05, 0) is 42.5 Å². The highest BCUT2D eigenvalue weighted by molar-refractivity contribution is 5.80. The first-order valence-corrected chi connectivity index (χ1v) is 7.98. The maximum absolute atomic E-state index is 12.0. The summed E-state index contributed by atoms with van der Waals surface area (Å²) in [6.07, 6.45) is 0.947. The number of aryl methyl sites for hydroxylation is 1. The Morgan fingerprint density at radius 2 is 1.92 bits per heavy atom. The first kappa shape index (κ1) is 18.1. The molecule has 0 saturated heterocycles. The SMILES string of the molecule is Cc1cc(-c2c(C#N)c(N)[nH]c(=O)c2C#N)ccc1OCCC(C)C. The van der Waals surface area contributed by atoms with Crippen LogP contribution in [0.5, 0.6) is 5.75 Å². The standard InChI is InChI=1S/C19H20N4O2/c1-11(2)6-7-25-16-5-4-13(8-12(16)3)17-14(9-20)18(22)23-19(24)15(17)10-21/h4-5,8,11H,6-7H2,1-3H3,(H3,22,23,24). The Hall–Kier alpha value is -3.25. The molecule has 0 unspecified atom stereocenters. The van der Waals surface area contributed by atoms with E-state index in [1.54, 1.807) is 18.2 Å². The van der Waals surface area contributed by atoms with Crippen LogP contribution in [0.1, 0.15) is 37.0 Å². The van der Waals surface area contributed by atoms with Crippen LogP contribution in [0.25, 0.3) is 11.1 Å². The molecule has 0 aliphatic heterocycles.